The van der Waals surface area contributed by atoms with E-state index in [1.807, 2.05) is 7.05 Å². The molecule has 1 fully saturated rings. The minimum atomic E-state index is -3.04. The maximum Gasteiger partial charge on any atom is 0.257 e. The molecule has 1 saturated heterocycles. The van der Waals surface area contributed by atoms with E-state index in [9.17, 15) is 8.42 Å². The highest BCUT2D eigenvalue weighted by atomic mass is 32.2. The fourth-order valence-electron chi connectivity index (χ4n) is 2.63. The van der Waals surface area contributed by atoms with Crippen LogP contribution >= 0.6 is 0 Å². The van der Waals surface area contributed by atoms with E-state index < -0.39 is 9.84 Å². The van der Waals surface area contributed by atoms with Crippen molar-refractivity contribution in [3.8, 4) is 11.5 Å². The second-order valence-corrected chi connectivity index (χ2v) is 8.07. The Bertz CT molecular complexity index is 770. The Morgan fingerprint density at radius 1 is 1.35 bits per heavy atom. The minimum Gasteiger partial charge on any atom is -0.334 e. The third-order valence-corrected chi connectivity index (χ3v) is 4.74. The van der Waals surface area contributed by atoms with E-state index >= 15 is 0 Å². The van der Waals surface area contributed by atoms with E-state index in [1.165, 1.54) is 6.26 Å². The summed E-state index contributed by atoms with van der Waals surface area (Å²) in [6, 6.07) is 7.26. The maximum absolute atomic E-state index is 11.3. The Balaban J connectivity index is 1.77. The average Bonchev–Trinajstić information content (AvgIpc) is 2.96. The summed E-state index contributed by atoms with van der Waals surface area (Å²) in [6.07, 6.45) is 1.22. The number of rotatable bonds is 4. The number of nitrogens with one attached hydrogen (secondary N) is 1. The molecule has 0 radical (unpaired) electrons. The summed E-state index contributed by atoms with van der Waals surface area (Å²) in [4.78, 5) is 6.68. The number of hydrogen-bond acceptors (Lipinski definition) is 7. The number of sulfone groups is 1. The predicted molar refractivity (Wildman–Crippen MR) is 86.5 cm³/mol. The van der Waals surface area contributed by atoms with Gasteiger partial charge in [-0.05, 0) is 24.7 Å². The molecule has 23 heavy (non-hydrogen) atoms. The first kappa shape index (κ1) is 16.1. The number of benzene rings is 1. The monoisotopic (exact) mass is 336 g/mol. The topological polar surface area (TPSA) is 88.3 Å². The Morgan fingerprint density at radius 3 is 2.74 bits per heavy atom. The van der Waals surface area contributed by atoms with Crippen molar-refractivity contribution in [1.82, 2.24) is 20.4 Å². The fourth-order valence-corrected chi connectivity index (χ4v) is 3.43. The standard InChI is InChI=1S/C15H20N4O3S/c1-19-8-7-16-9-13(19)14-17-15(22-18-14)12-5-3-11(4-6-12)10-23(2,20)21/h3-6,13,16H,7-10H2,1-2H3. The lowest BCUT2D eigenvalue weighted by Crippen LogP contribution is -2.44. The van der Waals surface area contributed by atoms with Crippen molar-refractivity contribution >= 4 is 9.84 Å². The highest BCUT2D eigenvalue weighted by Gasteiger charge is 2.25. The van der Waals surface area contributed by atoms with Crippen molar-refractivity contribution in [3.05, 3.63) is 35.7 Å². The van der Waals surface area contributed by atoms with Gasteiger partial charge in [-0.25, -0.2) is 8.42 Å². The molecule has 1 aromatic carbocycles. The number of hydrogen-bond donors (Lipinski definition) is 1. The van der Waals surface area contributed by atoms with E-state index in [2.05, 4.69) is 20.4 Å². The SMILES string of the molecule is CN1CCNCC1c1noc(-c2ccc(CS(C)(=O)=O)cc2)n1. The summed E-state index contributed by atoms with van der Waals surface area (Å²) < 4.78 is 28.0. The molecule has 0 bridgehead atoms. The van der Waals surface area contributed by atoms with E-state index in [4.69, 9.17) is 4.52 Å². The first-order valence-corrected chi connectivity index (χ1v) is 9.50. The zero-order valence-corrected chi connectivity index (χ0v) is 14.0. The smallest absolute Gasteiger partial charge is 0.257 e. The van der Waals surface area contributed by atoms with Crippen molar-refractivity contribution in [1.29, 1.82) is 0 Å². The Kier molecular flexibility index (Phi) is 4.47. The molecule has 1 atom stereocenters. The lowest BCUT2D eigenvalue weighted by atomic mass is 10.1. The summed E-state index contributed by atoms with van der Waals surface area (Å²) in [7, 11) is -0.992. The highest BCUT2D eigenvalue weighted by molar-refractivity contribution is 7.89. The van der Waals surface area contributed by atoms with Crippen LogP contribution in [0.15, 0.2) is 28.8 Å². The molecule has 0 spiro atoms. The predicted octanol–water partition coefficient (Wildman–Crippen LogP) is 0.857. The van der Waals surface area contributed by atoms with Gasteiger partial charge >= 0.3 is 0 Å². The van der Waals surface area contributed by atoms with Gasteiger partial charge < -0.3 is 9.84 Å². The Labute approximate surface area is 135 Å². The average molecular weight is 336 g/mol. The number of nitrogens with zero attached hydrogens (tertiary/aromatic N) is 3. The van der Waals surface area contributed by atoms with Crippen molar-refractivity contribution in [3.63, 3.8) is 0 Å². The zero-order chi connectivity index (χ0) is 16.4. The molecule has 2 heterocycles. The third kappa shape index (κ3) is 3.95. The van der Waals surface area contributed by atoms with Gasteiger partial charge in [0, 0.05) is 31.5 Å². The van der Waals surface area contributed by atoms with E-state index in [-0.39, 0.29) is 11.8 Å². The van der Waals surface area contributed by atoms with Crippen LogP contribution in [0.3, 0.4) is 0 Å². The van der Waals surface area contributed by atoms with Crippen LogP contribution in [0.5, 0.6) is 0 Å². The molecular formula is C15H20N4O3S. The molecule has 0 saturated carbocycles. The molecule has 3 rings (SSSR count). The fraction of sp³-hybridized carbons (Fsp3) is 0.467. The summed E-state index contributed by atoms with van der Waals surface area (Å²) in [5, 5.41) is 7.41. The normalized spacial score (nSPS) is 19.8. The molecule has 1 aromatic heterocycles. The lowest BCUT2D eigenvalue weighted by Gasteiger charge is -2.30. The van der Waals surface area contributed by atoms with Gasteiger partial charge in [-0.3, -0.25) is 4.90 Å². The minimum absolute atomic E-state index is 0.0287. The second kappa shape index (κ2) is 6.38. The summed E-state index contributed by atoms with van der Waals surface area (Å²) in [5.74, 6) is 1.14. The molecule has 1 aliphatic rings. The van der Waals surface area contributed by atoms with Crippen molar-refractivity contribution < 1.29 is 12.9 Å². The van der Waals surface area contributed by atoms with Gasteiger partial charge in [0.2, 0.25) is 0 Å². The molecule has 0 amide bonds. The number of likely N-dealkylation sites (N-methyl/N-ethyl adjacent to an activating group) is 1. The second-order valence-electron chi connectivity index (χ2n) is 5.93. The van der Waals surface area contributed by atoms with Crippen LogP contribution in [0.1, 0.15) is 17.4 Å². The van der Waals surface area contributed by atoms with Gasteiger partial charge in [-0.15, -0.1) is 0 Å². The van der Waals surface area contributed by atoms with Crippen LogP contribution in [0, 0.1) is 0 Å². The molecule has 0 aliphatic carbocycles. The van der Waals surface area contributed by atoms with Crippen LogP contribution in [-0.4, -0.2) is 56.4 Å². The number of piperazine rings is 1. The largest absolute Gasteiger partial charge is 0.334 e. The van der Waals surface area contributed by atoms with Crippen molar-refractivity contribution in [2.24, 2.45) is 0 Å². The van der Waals surface area contributed by atoms with E-state index in [0.717, 1.165) is 30.8 Å². The first-order chi connectivity index (χ1) is 10.9. The first-order valence-electron chi connectivity index (χ1n) is 7.44. The van der Waals surface area contributed by atoms with Crippen LogP contribution in [0.4, 0.5) is 0 Å². The van der Waals surface area contributed by atoms with Crippen LogP contribution < -0.4 is 5.32 Å². The summed E-state index contributed by atoms with van der Waals surface area (Å²) >= 11 is 0. The molecule has 124 valence electrons. The summed E-state index contributed by atoms with van der Waals surface area (Å²) in [6.45, 7) is 2.69. The number of aromatic nitrogens is 2. The molecule has 7 nitrogen and oxygen atoms in total. The molecule has 1 N–H and O–H groups in total. The van der Waals surface area contributed by atoms with E-state index in [1.54, 1.807) is 24.3 Å². The summed E-state index contributed by atoms with van der Waals surface area (Å²) in [5.41, 5.74) is 1.53. The molecule has 1 aliphatic heterocycles. The van der Waals surface area contributed by atoms with Gasteiger partial charge in [0.05, 0.1) is 11.8 Å². The zero-order valence-electron chi connectivity index (χ0n) is 13.2. The van der Waals surface area contributed by atoms with Gasteiger partial charge in [0.15, 0.2) is 15.7 Å². The van der Waals surface area contributed by atoms with Crippen LogP contribution in [-0.2, 0) is 15.6 Å². The third-order valence-electron chi connectivity index (χ3n) is 3.88. The van der Waals surface area contributed by atoms with Gasteiger partial charge in [0.1, 0.15) is 0 Å². The van der Waals surface area contributed by atoms with Gasteiger partial charge in [-0.2, -0.15) is 4.98 Å². The molecular weight excluding hydrogens is 316 g/mol. The van der Waals surface area contributed by atoms with Gasteiger partial charge in [-0.1, -0.05) is 17.3 Å². The maximum atomic E-state index is 11.3. The Morgan fingerprint density at radius 2 is 2.09 bits per heavy atom. The quantitative estimate of drug-likeness (QED) is 0.886. The molecule has 8 heteroatoms. The highest BCUT2D eigenvalue weighted by Crippen LogP contribution is 2.23. The Hall–Kier alpha value is -1.77. The molecule has 2 aromatic rings. The molecule has 1 unspecified atom stereocenters. The van der Waals surface area contributed by atoms with Crippen molar-refractivity contribution in [2.45, 2.75) is 11.8 Å². The van der Waals surface area contributed by atoms with Crippen LogP contribution in [0.2, 0.25) is 0 Å². The van der Waals surface area contributed by atoms with Crippen LogP contribution in [0.25, 0.3) is 11.5 Å². The lowest BCUT2D eigenvalue weighted by molar-refractivity contribution is 0.190. The van der Waals surface area contributed by atoms with Crippen molar-refractivity contribution in [2.75, 3.05) is 32.9 Å². The van der Waals surface area contributed by atoms with E-state index in [0.29, 0.717) is 11.7 Å². The van der Waals surface area contributed by atoms with Gasteiger partial charge in [0.25, 0.3) is 5.89 Å².